The second-order valence-corrected chi connectivity index (χ2v) is 4.87. The Hall–Kier alpha value is -1.10. The van der Waals surface area contributed by atoms with Crippen LogP contribution >= 0.6 is 0 Å². The largest absolute Gasteiger partial charge is 0.481 e. The lowest BCUT2D eigenvalue weighted by Gasteiger charge is -2.33. The van der Waals surface area contributed by atoms with Crippen molar-refractivity contribution >= 4 is 11.9 Å². The van der Waals surface area contributed by atoms with Crippen LogP contribution in [-0.4, -0.2) is 46.7 Å². The Bertz CT molecular complexity index is 284. The van der Waals surface area contributed by atoms with E-state index in [9.17, 15) is 9.59 Å². The first-order valence-corrected chi connectivity index (χ1v) is 6.09. The van der Waals surface area contributed by atoms with Crippen molar-refractivity contribution < 1.29 is 19.8 Å². The van der Waals surface area contributed by atoms with Crippen LogP contribution < -0.4 is 0 Å². The summed E-state index contributed by atoms with van der Waals surface area (Å²) in [4.78, 5) is 24.6. The van der Waals surface area contributed by atoms with Gasteiger partial charge in [0, 0.05) is 25.6 Å². The average molecular weight is 243 g/mol. The van der Waals surface area contributed by atoms with E-state index in [-0.39, 0.29) is 18.4 Å². The van der Waals surface area contributed by atoms with Gasteiger partial charge in [0.2, 0.25) is 5.91 Å². The van der Waals surface area contributed by atoms with Crippen molar-refractivity contribution in [2.45, 2.75) is 26.7 Å². The normalized spacial score (nSPS) is 21.0. The minimum atomic E-state index is -0.934. The fourth-order valence-electron chi connectivity index (χ4n) is 2.05. The summed E-state index contributed by atoms with van der Waals surface area (Å²) >= 11 is 0. The van der Waals surface area contributed by atoms with Crippen LogP contribution in [0.25, 0.3) is 0 Å². The van der Waals surface area contributed by atoms with E-state index >= 15 is 0 Å². The van der Waals surface area contributed by atoms with Crippen molar-refractivity contribution in [2.24, 2.45) is 17.8 Å². The molecule has 0 spiro atoms. The van der Waals surface area contributed by atoms with Gasteiger partial charge in [-0.1, -0.05) is 13.8 Å². The Balaban J connectivity index is 2.51. The molecule has 5 nitrogen and oxygen atoms in total. The highest BCUT2D eigenvalue weighted by molar-refractivity contribution is 5.84. The minimum Gasteiger partial charge on any atom is -0.481 e. The summed E-state index contributed by atoms with van der Waals surface area (Å²) in [6.45, 7) is 4.65. The summed E-state index contributed by atoms with van der Waals surface area (Å²) in [7, 11) is 0. The van der Waals surface area contributed by atoms with E-state index in [4.69, 9.17) is 10.2 Å². The zero-order valence-electron chi connectivity index (χ0n) is 10.4. The van der Waals surface area contributed by atoms with Gasteiger partial charge in [-0.05, 0) is 18.8 Å². The van der Waals surface area contributed by atoms with Crippen LogP contribution in [0, 0.1) is 17.8 Å². The molecule has 98 valence electrons. The van der Waals surface area contributed by atoms with E-state index in [1.807, 2.05) is 0 Å². The fourth-order valence-corrected chi connectivity index (χ4v) is 2.05. The van der Waals surface area contributed by atoms with Crippen molar-refractivity contribution in [1.29, 1.82) is 0 Å². The molecule has 1 aliphatic heterocycles. The van der Waals surface area contributed by atoms with Gasteiger partial charge in [0.25, 0.3) is 0 Å². The van der Waals surface area contributed by atoms with Crippen molar-refractivity contribution in [1.82, 2.24) is 4.90 Å². The summed E-state index contributed by atoms with van der Waals surface area (Å²) in [5, 5.41) is 17.9. The molecule has 2 atom stereocenters. The molecule has 0 aliphatic carbocycles. The number of carbonyl (C=O) groups excluding carboxylic acids is 1. The van der Waals surface area contributed by atoms with Gasteiger partial charge in [0.15, 0.2) is 0 Å². The molecule has 5 heteroatoms. The van der Waals surface area contributed by atoms with Crippen molar-refractivity contribution in [3.63, 3.8) is 0 Å². The van der Waals surface area contributed by atoms with E-state index in [0.717, 1.165) is 12.8 Å². The highest BCUT2D eigenvalue weighted by atomic mass is 16.4. The first-order chi connectivity index (χ1) is 7.97. The molecule has 2 unspecified atom stereocenters. The fraction of sp³-hybridized carbons (Fsp3) is 0.833. The summed E-state index contributed by atoms with van der Waals surface area (Å²) in [5.41, 5.74) is 0. The highest BCUT2D eigenvalue weighted by Crippen LogP contribution is 2.21. The van der Waals surface area contributed by atoms with E-state index < -0.39 is 17.8 Å². The first-order valence-electron chi connectivity index (χ1n) is 6.09. The maximum absolute atomic E-state index is 12.0. The highest BCUT2D eigenvalue weighted by Gasteiger charge is 2.31. The second-order valence-electron chi connectivity index (χ2n) is 4.87. The maximum atomic E-state index is 12.0. The lowest BCUT2D eigenvalue weighted by atomic mass is 9.92. The SMILES string of the molecule is CC(C(=O)O)C(C)C(=O)N1CCC(CO)CC1. The third kappa shape index (κ3) is 3.43. The number of aliphatic carboxylic acids is 1. The zero-order chi connectivity index (χ0) is 13.0. The number of hydrogen-bond acceptors (Lipinski definition) is 3. The summed E-state index contributed by atoms with van der Waals surface area (Å²) in [6, 6.07) is 0. The van der Waals surface area contributed by atoms with E-state index in [1.54, 1.807) is 18.7 Å². The van der Waals surface area contributed by atoms with Crippen LogP contribution in [0.3, 0.4) is 0 Å². The van der Waals surface area contributed by atoms with Crippen LogP contribution in [0.2, 0.25) is 0 Å². The third-order valence-corrected chi connectivity index (χ3v) is 3.71. The quantitative estimate of drug-likeness (QED) is 0.757. The number of likely N-dealkylation sites (tertiary alicyclic amines) is 1. The predicted molar refractivity (Wildman–Crippen MR) is 62.4 cm³/mol. The molecule has 0 aromatic rings. The number of carboxylic acid groups (broad SMARTS) is 1. The van der Waals surface area contributed by atoms with Crippen LogP contribution in [0.5, 0.6) is 0 Å². The van der Waals surface area contributed by atoms with Crippen molar-refractivity contribution in [3.05, 3.63) is 0 Å². The molecule has 1 fully saturated rings. The smallest absolute Gasteiger partial charge is 0.307 e. The standard InChI is InChI=1S/C12H21NO4/c1-8(9(2)12(16)17)11(15)13-5-3-10(7-14)4-6-13/h8-10,14H,3-7H2,1-2H3,(H,16,17). The van der Waals surface area contributed by atoms with Gasteiger partial charge in [-0.3, -0.25) is 9.59 Å². The number of carbonyl (C=O) groups is 2. The molecule has 0 aromatic heterocycles. The number of nitrogens with zero attached hydrogens (tertiary/aromatic N) is 1. The molecular weight excluding hydrogens is 222 g/mol. The number of aliphatic hydroxyl groups excluding tert-OH is 1. The molecule has 0 saturated carbocycles. The van der Waals surface area contributed by atoms with Gasteiger partial charge in [-0.25, -0.2) is 0 Å². The Labute approximate surface area is 101 Å². The molecule has 1 rings (SSSR count). The minimum absolute atomic E-state index is 0.0868. The molecule has 2 N–H and O–H groups in total. The van der Waals surface area contributed by atoms with E-state index in [2.05, 4.69) is 0 Å². The van der Waals surface area contributed by atoms with E-state index in [0.29, 0.717) is 13.1 Å². The average Bonchev–Trinajstić information content (AvgIpc) is 2.36. The summed E-state index contributed by atoms with van der Waals surface area (Å²) in [5.74, 6) is -1.88. The lowest BCUT2D eigenvalue weighted by molar-refractivity contribution is -0.149. The molecule has 0 radical (unpaired) electrons. The van der Waals surface area contributed by atoms with Gasteiger partial charge >= 0.3 is 5.97 Å². The lowest BCUT2D eigenvalue weighted by Crippen LogP contribution is -2.44. The number of aliphatic hydroxyl groups is 1. The molecule has 1 aliphatic rings. The zero-order valence-corrected chi connectivity index (χ0v) is 10.4. The third-order valence-electron chi connectivity index (χ3n) is 3.71. The summed E-state index contributed by atoms with van der Waals surface area (Å²) < 4.78 is 0. The number of hydrogen-bond donors (Lipinski definition) is 2. The second kappa shape index (κ2) is 6.00. The van der Waals surface area contributed by atoms with Gasteiger partial charge in [-0.2, -0.15) is 0 Å². The topological polar surface area (TPSA) is 77.8 Å². The molecule has 1 saturated heterocycles. The van der Waals surface area contributed by atoms with Crippen molar-refractivity contribution in [2.75, 3.05) is 19.7 Å². The molecule has 1 amide bonds. The van der Waals surface area contributed by atoms with E-state index in [1.165, 1.54) is 0 Å². The monoisotopic (exact) mass is 243 g/mol. The number of carboxylic acids is 1. The number of amides is 1. The van der Waals surface area contributed by atoms with Gasteiger partial charge in [0.05, 0.1) is 5.92 Å². The molecule has 0 aromatic carbocycles. The van der Waals surface area contributed by atoms with Crippen LogP contribution in [0.1, 0.15) is 26.7 Å². The first kappa shape index (κ1) is 14.0. The summed E-state index contributed by atoms with van der Waals surface area (Å²) in [6.07, 6.45) is 1.60. The molecular formula is C12H21NO4. The molecule has 0 bridgehead atoms. The molecule has 17 heavy (non-hydrogen) atoms. The van der Waals surface area contributed by atoms with Crippen LogP contribution in [0.4, 0.5) is 0 Å². The van der Waals surface area contributed by atoms with Gasteiger partial charge < -0.3 is 15.1 Å². The Morgan fingerprint density at radius 3 is 2.18 bits per heavy atom. The van der Waals surface area contributed by atoms with Crippen LogP contribution in [-0.2, 0) is 9.59 Å². The number of rotatable bonds is 4. The Kier molecular flexibility index (Phi) is 4.93. The van der Waals surface area contributed by atoms with Crippen LogP contribution in [0.15, 0.2) is 0 Å². The Morgan fingerprint density at radius 2 is 1.76 bits per heavy atom. The van der Waals surface area contributed by atoms with Crippen molar-refractivity contribution in [3.8, 4) is 0 Å². The maximum Gasteiger partial charge on any atom is 0.307 e. The van der Waals surface area contributed by atoms with Gasteiger partial charge in [-0.15, -0.1) is 0 Å². The molecule has 1 heterocycles. The predicted octanol–water partition coefficient (Wildman–Crippen LogP) is 0.574. The Morgan fingerprint density at radius 1 is 1.24 bits per heavy atom. The number of piperidine rings is 1. The van der Waals surface area contributed by atoms with Gasteiger partial charge in [0.1, 0.15) is 0 Å².